The summed E-state index contributed by atoms with van der Waals surface area (Å²) in [5, 5.41) is 0. The van der Waals surface area contributed by atoms with Gasteiger partial charge in [0.2, 0.25) is 5.78 Å². The first kappa shape index (κ1) is 10.6. The van der Waals surface area contributed by atoms with Crippen molar-refractivity contribution < 1.29 is 9.21 Å². The minimum absolute atomic E-state index is 0.0793. The third-order valence-electron chi connectivity index (χ3n) is 2.42. The number of ketones is 1. The summed E-state index contributed by atoms with van der Waals surface area (Å²) in [6.07, 6.45) is 1.49. The van der Waals surface area contributed by atoms with Crippen LogP contribution in [0.25, 0.3) is 0 Å². The molecule has 16 heavy (non-hydrogen) atoms. The molecule has 2 rings (SSSR count). The fraction of sp³-hybridized carbons (Fsp3) is 0.154. The summed E-state index contributed by atoms with van der Waals surface area (Å²) in [6.45, 7) is 1.89. The first-order valence-electron chi connectivity index (χ1n) is 5.12. The van der Waals surface area contributed by atoms with E-state index in [0.717, 1.165) is 5.56 Å². The van der Waals surface area contributed by atoms with Gasteiger partial charge in [0, 0.05) is 11.6 Å². The van der Waals surface area contributed by atoms with Gasteiger partial charge in [-0.1, -0.05) is 18.2 Å². The molecule has 1 unspecified atom stereocenters. The predicted octanol–water partition coefficient (Wildman–Crippen LogP) is 2.53. The van der Waals surface area contributed by atoms with E-state index in [1.54, 1.807) is 24.3 Å². The van der Waals surface area contributed by atoms with Crippen LogP contribution in [-0.2, 0) is 0 Å². The molecule has 1 heterocycles. The average molecular weight is 215 g/mol. The Morgan fingerprint density at radius 3 is 2.75 bits per heavy atom. The van der Waals surface area contributed by atoms with Crippen LogP contribution in [0.5, 0.6) is 0 Å². The molecule has 1 atom stereocenters. The van der Waals surface area contributed by atoms with Crippen molar-refractivity contribution in [1.82, 2.24) is 0 Å². The van der Waals surface area contributed by atoms with Crippen LogP contribution in [0.4, 0.5) is 0 Å². The summed E-state index contributed by atoms with van der Waals surface area (Å²) < 4.78 is 5.07. The maximum atomic E-state index is 11.9. The standard InChI is InChI=1S/C13H13NO2/c1-9(14)10-4-2-5-11(8-10)13(15)12-6-3-7-16-12/h2-9H,14H2,1H3. The van der Waals surface area contributed by atoms with Gasteiger partial charge in [0.25, 0.3) is 0 Å². The van der Waals surface area contributed by atoms with Crippen LogP contribution >= 0.6 is 0 Å². The summed E-state index contributed by atoms with van der Waals surface area (Å²) in [5.74, 6) is 0.231. The summed E-state index contributed by atoms with van der Waals surface area (Å²) in [5.41, 5.74) is 7.31. The van der Waals surface area contributed by atoms with Gasteiger partial charge in [-0.15, -0.1) is 0 Å². The second-order valence-electron chi connectivity index (χ2n) is 3.72. The zero-order valence-electron chi connectivity index (χ0n) is 9.01. The van der Waals surface area contributed by atoms with Crippen molar-refractivity contribution in [2.24, 2.45) is 5.73 Å². The molecule has 0 saturated heterocycles. The van der Waals surface area contributed by atoms with Crippen LogP contribution in [0.15, 0.2) is 47.1 Å². The van der Waals surface area contributed by atoms with Gasteiger partial charge in [0.1, 0.15) is 0 Å². The molecule has 0 fully saturated rings. The van der Waals surface area contributed by atoms with Gasteiger partial charge in [-0.25, -0.2) is 0 Å². The van der Waals surface area contributed by atoms with Gasteiger partial charge in [0.05, 0.1) is 6.26 Å². The highest BCUT2D eigenvalue weighted by atomic mass is 16.3. The minimum atomic E-state index is -0.118. The number of rotatable bonds is 3. The van der Waals surface area contributed by atoms with Crippen molar-refractivity contribution in [3.63, 3.8) is 0 Å². The van der Waals surface area contributed by atoms with Crippen molar-refractivity contribution >= 4 is 5.78 Å². The second kappa shape index (κ2) is 4.33. The van der Waals surface area contributed by atoms with E-state index in [-0.39, 0.29) is 11.8 Å². The molecule has 0 aliphatic rings. The number of carbonyl (C=O) groups is 1. The molecule has 82 valence electrons. The SMILES string of the molecule is CC(N)c1cccc(C(=O)c2ccco2)c1. The van der Waals surface area contributed by atoms with Gasteiger partial charge >= 0.3 is 0 Å². The highest BCUT2D eigenvalue weighted by molar-refractivity contribution is 6.07. The van der Waals surface area contributed by atoms with Crippen molar-refractivity contribution in [1.29, 1.82) is 0 Å². The van der Waals surface area contributed by atoms with E-state index < -0.39 is 0 Å². The number of hydrogen-bond donors (Lipinski definition) is 1. The Labute approximate surface area is 93.9 Å². The number of hydrogen-bond acceptors (Lipinski definition) is 3. The zero-order valence-corrected chi connectivity index (χ0v) is 9.01. The van der Waals surface area contributed by atoms with E-state index in [1.165, 1.54) is 6.26 Å². The van der Waals surface area contributed by atoms with E-state index in [9.17, 15) is 4.79 Å². The summed E-state index contributed by atoms with van der Waals surface area (Å²) >= 11 is 0. The Hall–Kier alpha value is -1.87. The highest BCUT2D eigenvalue weighted by Crippen LogP contribution is 2.15. The first-order valence-corrected chi connectivity index (χ1v) is 5.12. The molecule has 0 aliphatic heterocycles. The lowest BCUT2D eigenvalue weighted by molar-refractivity contribution is 0.101. The van der Waals surface area contributed by atoms with Crippen LogP contribution in [0.2, 0.25) is 0 Å². The molecule has 0 spiro atoms. The average Bonchev–Trinajstić information content (AvgIpc) is 2.81. The Kier molecular flexibility index (Phi) is 2.88. The smallest absolute Gasteiger partial charge is 0.228 e. The van der Waals surface area contributed by atoms with Gasteiger partial charge in [0.15, 0.2) is 5.76 Å². The molecular weight excluding hydrogens is 202 g/mol. The van der Waals surface area contributed by atoms with Crippen LogP contribution in [-0.4, -0.2) is 5.78 Å². The van der Waals surface area contributed by atoms with E-state index >= 15 is 0 Å². The first-order chi connectivity index (χ1) is 7.68. The van der Waals surface area contributed by atoms with Crippen molar-refractivity contribution in [3.05, 3.63) is 59.5 Å². The molecule has 2 N–H and O–H groups in total. The molecule has 3 heteroatoms. The van der Waals surface area contributed by atoms with E-state index in [2.05, 4.69) is 0 Å². The Morgan fingerprint density at radius 2 is 2.12 bits per heavy atom. The summed E-state index contributed by atoms with van der Waals surface area (Å²) in [7, 11) is 0. The van der Waals surface area contributed by atoms with Gasteiger partial charge < -0.3 is 10.2 Å². The number of carbonyl (C=O) groups excluding carboxylic acids is 1. The Balaban J connectivity index is 2.34. The van der Waals surface area contributed by atoms with Crippen LogP contribution in [0, 0.1) is 0 Å². The molecule has 2 aromatic rings. The molecule has 0 saturated carbocycles. The molecule has 1 aromatic heterocycles. The second-order valence-corrected chi connectivity index (χ2v) is 3.72. The zero-order chi connectivity index (χ0) is 11.5. The largest absolute Gasteiger partial charge is 0.461 e. The number of benzene rings is 1. The Bertz CT molecular complexity index is 486. The van der Waals surface area contributed by atoms with Crippen molar-refractivity contribution in [2.75, 3.05) is 0 Å². The van der Waals surface area contributed by atoms with Gasteiger partial charge in [-0.2, -0.15) is 0 Å². The van der Waals surface area contributed by atoms with Gasteiger partial charge in [-0.3, -0.25) is 4.79 Å². The number of furan rings is 1. The molecule has 0 aliphatic carbocycles. The number of nitrogens with two attached hydrogens (primary N) is 1. The third kappa shape index (κ3) is 2.04. The fourth-order valence-corrected chi connectivity index (χ4v) is 1.51. The highest BCUT2D eigenvalue weighted by Gasteiger charge is 2.12. The maximum absolute atomic E-state index is 11.9. The van der Waals surface area contributed by atoms with Crippen molar-refractivity contribution in [2.45, 2.75) is 13.0 Å². The predicted molar refractivity (Wildman–Crippen MR) is 61.2 cm³/mol. The molecule has 0 radical (unpaired) electrons. The Morgan fingerprint density at radius 1 is 1.31 bits per heavy atom. The van der Waals surface area contributed by atoms with Crippen molar-refractivity contribution in [3.8, 4) is 0 Å². The van der Waals surface area contributed by atoms with Crippen LogP contribution in [0.3, 0.4) is 0 Å². The van der Waals surface area contributed by atoms with E-state index in [4.69, 9.17) is 10.2 Å². The third-order valence-corrected chi connectivity index (χ3v) is 2.42. The lowest BCUT2D eigenvalue weighted by atomic mass is 10.0. The maximum Gasteiger partial charge on any atom is 0.228 e. The van der Waals surface area contributed by atoms with Gasteiger partial charge in [-0.05, 0) is 30.7 Å². The molecule has 3 nitrogen and oxygen atoms in total. The van der Waals surface area contributed by atoms with Crippen LogP contribution < -0.4 is 5.73 Å². The van der Waals surface area contributed by atoms with Crippen LogP contribution in [0.1, 0.15) is 34.6 Å². The minimum Gasteiger partial charge on any atom is -0.461 e. The van der Waals surface area contributed by atoms with E-state index in [0.29, 0.717) is 11.3 Å². The van der Waals surface area contributed by atoms with E-state index in [1.807, 2.05) is 19.1 Å². The fourth-order valence-electron chi connectivity index (χ4n) is 1.51. The normalized spacial score (nSPS) is 12.4. The topological polar surface area (TPSA) is 56.2 Å². The molecule has 0 amide bonds. The molecule has 0 bridgehead atoms. The molecule has 1 aromatic carbocycles. The summed E-state index contributed by atoms with van der Waals surface area (Å²) in [4.78, 5) is 11.9. The monoisotopic (exact) mass is 215 g/mol. The quantitative estimate of drug-likeness (QED) is 0.800. The molecular formula is C13H13NO2. The lowest BCUT2D eigenvalue weighted by Gasteiger charge is -2.06. The summed E-state index contributed by atoms with van der Waals surface area (Å²) in [6, 6.07) is 10.6. The lowest BCUT2D eigenvalue weighted by Crippen LogP contribution is -2.07.